The second-order valence-electron chi connectivity index (χ2n) is 11.4. The van der Waals surface area contributed by atoms with Crippen LogP contribution in [0.1, 0.15) is 55.4 Å². The van der Waals surface area contributed by atoms with E-state index < -0.39 is 23.7 Å². The first kappa shape index (κ1) is 33.6. The van der Waals surface area contributed by atoms with Crippen molar-refractivity contribution < 1.29 is 27.4 Å². The first-order valence-electron chi connectivity index (χ1n) is 14.5. The van der Waals surface area contributed by atoms with Crippen LogP contribution in [0, 0.1) is 0 Å². The molecule has 0 spiro atoms. The molecule has 0 saturated heterocycles. The number of hydrogen-bond donors (Lipinski definition) is 4. The molecule has 12 heteroatoms. The summed E-state index contributed by atoms with van der Waals surface area (Å²) in [6.07, 6.45) is -2.72. The standard InChI is InChI=1S/C30H43BF3N5O3/c1-29(2)24-11-7-21(19-25(24)31(3)42-29)6-10-23(18-20-4-8-22(9-5-20)30(32,33)34)38-28(41)26(37)12-13-27(40)39(16-14-35)17-15-36/h4-5,7-9,11,19,23,26H,6,10,12-18,35-37H2,1-3H3,(H,38,41)/t23-,26-/m0/s1. The van der Waals surface area contributed by atoms with Crippen molar-refractivity contribution in [3.05, 3.63) is 64.7 Å². The molecule has 2 aromatic rings. The van der Waals surface area contributed by atoms with Crippen molar-refractivity contribution in [2.24, 2.45) is 17.2 Å². The van der Waals surface area contributed by atoms with Crippen molar-refractivity contribution in [1.82, 2.24) is 10.2 Å². The normalized spacial score (nSPS) is 15.7. The van der Waals surface area contributed by atoms with Crippen LogP contribution in [0.2, 0.25) is 6.82 Å². The van der Waals surface area contributed by atoms with Gasteiger partial charge in [0.2, 0.25) is 11.8 Å². The van der Waals surface area contributed by atoms with Gasteiger partial charge in [-0.2, -0.15) is 13.2 Å². The highest BCUT2D eigenvalue weighted by Crippen LogP contribution is 2.31. The minimum Gasteiger partial charge on any atom is -0.422 e. The van der Waals surface area contributed by atoms with Crippen LogP contribution in [-0.2, 0) is 38.9 Å². The fourth-order valence-corrected chi connectivity index (χ4v) is 5.45. The van der Waals surface area contributed by atoms with E-state index in [1.807, 2.05) is 26.7 Å². The van der Waals surface area contributed by atoms with Gasteiger partial charge >= 0.3 is 13.1 Å². The van der Waals surface area contributed by atoms with Crippen LogP contribution in [0.5, 0.6) is 0 Å². The van der Waals surface area contributed by atoms with Crippen molar-refractivity contribution in [2.45, 2.75) is 76.6 Å². The van der Waals surface area contributed by atoms with Crippen LogP contribution >= 0.6 is 0 Å². The summed E-state index contributed by atoms with van der Waals surface area (Å²) in [6, 6.07) is 9.88. The van der Waals surface area contributed by atoms with Gasteiger partial charge in [0.25, 0.3) is 0 Å². The van der Waals surface area contributed by atoms with E-state index in [-0.39, 0.29) is 37.3 Å². The van der Waals surface area contributed by atoms with Gasteiger partial charge in [-0.1, -0.05) is 37.2 Å². The van der Waals surface area contributed by atoms with Crippen LogP contribution in [0.4, 0.5) is 13.2 Å². The smallest absolute Gasteiger partial charge is 0.416 e. The van der Waals surface area contributed by atoms with E-state index >= 15 is 0 Å². The Kier molecular flexibility index (Phi) is 11.6. The van der Waals surface area contributed by atoms with E-state index in [2.05, 4.69) is 17.4 Å². The molecule has 0 aliphatic carbocycles. The molecule has 7 N–H and O–H groups in total. The molecule has 0 bridgehead atoms. The topological polar surface area (TPSA) is 137 Å². The Morgan fingerprint density at radius 3 is 2.24 bits per heavy atom. The van der Waals surface area contributed by atoms with Gasteiger partial charge in [0.15, 0.2) is 0 Å². The van der Waals surface area contributed by atoms with Gasteiger partial charge in [0, 0.05) is 38.6 Å². The van der Waals surface area contributed by atoms with E-state index in [4.69, 9.17) is 21.9 Å². The van der Waals surface area contributed by atoms with E-state index in [0.717, 1.165) is 28.7 Å². The lowest BCUT2D eigenvalue weighted by atomic mass is 9.63. The molecule has 2 atom stereocenters. The zero-order valence-electron chi connectivity index (χ0n) is 24.7. The first-order chi connectivity index (χ1) is 19.7. The maximum Gasteiger partial charge on any atom is 0.416 e. The second kappa shape index (κ2) is 14.5. The maximum atomic E-state index is 13.1. The molecule has 0 aromatic heterocycles. The molecule has 42 heavy (non-hydrogen) atoms. The summed E-state index contributed by atoms with van der Waals surface area (Å²) in [5, 5.41) is 2.98. The van der Waals surface area contributed by atoms with Crippen molar-refractivity contribution in [1.29, 1.82) is 0 Å². The third-order valence-corrected chi connectivity index (χ3v) is 7.72. The van der Waals surface area contributed by atoms with Gasteiger partial charge < -0.3 is 32.1 Å². The monoisotopic (exact) mass is 589 g/mol. The molecule has 2 amide bonds. The number of aryl methyl sites for hydroxylation is 1. The molecule has 2 aromatic carbocycles. The predicted octanol–water partition coefficient (Wildman–Crippen LogP) is 2.31. The summed E-state index contributed by atoms with van der Waals surface area (Å²) in [5.74, 6) is -0.588. The third kappa shape index (κ3) is 9.04. The Morgan fingerprint density at radius 1 is 1.02 bits per heavy atom. The summed E-state index contributed by atoms with van der Waals surface area (Å²) in [5.41, 5.74) is 20.2. The molecule has 1 heterocycles. The number of hydrogen-bond acceptors (Lipinski definition) is 6. The summed E-state index contributed by atoms with van der Waals surface area (Å²) >= 11 is 0. The van der Waals surface area contributed by atoms with Crippen LogP contribution in [0.25, 0.3) is 0 Å². The first-order valence-corrected chi connectivity index (χ1v) is 14.5. The van der Waals surface area contributed by atoms with Crippen molar-refractivity contribution >= 4 is 24.2 Å². The number of carbonyl (C=O) groups excluding carboxylic acids is 2. The molecule has 0 unspecified atom stereocenters. The zero-order chi connectivity index (χ0) is 31.1. The molecular weight excluding hydrogens is 546 g/mol. The Balaban J connectivity index is 1.69. The van der Waals surface area contributed by atoms with Gasteiger partial charge in [0.05, 0.1) is 17.2 Å². The average molecular weight is 590 g/mol. The Morgan fingerprint density at radius 2 is 1.64 bits per heavy atom. The number of nitrogens with zero attached hydrogens (tertiary/aromatic N) is 1. The molecule has 0 saturated carbocycles. The SMILES string of the molecule is CB1OC(C)(C)c2ccc(CC[C@@H](Cc3ccc(C(F)(F)F)cc3)NC(=O)[C@@H](N)CCC(=O)N(CCN)CCN)cc21. The van der Waals surface area contributed by atoms with E-state index in [1.54, 1.807) is 4.90 Å². The maximum absolute atomic E-state index is 13.1. The molecule has 0 fully saturated rings. The molecule has 3 rings (SSSR count). The molecule has 1 aliphatic rings. The number of fused-ring (bicyclic) bond motifs is 1. The second-order valence-corrected chi connectivity index (χ2v) is 11.4. The summed E-state index contributed by atoms with van der Waals surface area (Å²) in [6.45, 7) is 7.40. The largest absolute Gasteiger partial charge is 0.422 e. The lowest BCUT2D eigenvalue weighted by Crippen LogP contribution is -2.47. The third-order valence-electron chi connectivity index (χ3n) is 7.72. The van der Waals surface area contributed by atoms with E-state index in [1.165, 1.54) is 12.1 Å². The lowest BCUT2D eigenvalue weighted by molar-refractivity contribution is -0.137. The number of alkyl halides is 3. The summed E-state index contributed by atoms with van der Waals surface area (Å²) in [7, 11) is 0. The Bertz CT molecular complexity index is 1200. The molecular formula is C30H43BF3N5O3. The van der Waals surface area contributed by atoms with Crippen LogP contribution in [-0.4, -0.2) is 61.9 Å². The van der Waals surface area contributed by atoms with Gasteiger partial charge in [-0.15, -0.1) is 0 Å². The van der Waals surface area contributed by atoms with Crippen molar-refractivity contribution in [3.8, 4) is 0 Å². The number of nitrogens with two attached hydrogens (primary N) is 3. The fraction of sp³-hybridized carbons (Fsp3) is 0.533. The molecule has 1 aliphatic heterocycles. The van der Waals surface area contributed by atoms with Crippen molar-refractivity contribution in [3.63, 3.8) is 0 Å². The Hall–Kier alpha value is -2.93. The number of rotatable bonds is 14. The quantitative estimate of drug-likeness (QED) is 0.250. The highest BCUT2D eigenvalue weighted by molar-refractivity contribution is 6.67. The summed E-state index contributed by atoms with van der Waals surface area (Å²) < 4.78 is 45.3. The predicted molar refractivity (Wildman–Crippen MR) is 159 cm³/mol. The molecule has 230 valence electrons. The number of nitrogens with one attached hydrogen (secondary N) is 1. The Labute approximate surface area is 246 Å². The highest BCUT2D eigenvalue weighted by Gasteiger charge is 2.37. The van der Waals surface area contributed by atoms with Gasteiger partial charge in [0.1, 0.15) is 0 Å². The minimum atomic E-state index is -4.43. The number of benzene rings is 2. The fourth-order valence-electron chi connectivity index (χ4n) is 5.45. The lowest BCUT2D eigenvalue weighted by Gasteiger charge is -2.24. The van der Waals surface area contributed by atoms with Crippen molar-refractivity contribution in [2.75, 3.05) is 26.2 Å². The highest BCUT2D eigenvalue weighted by atomic mass is 19.4. The number of amides is 2. The van der Waals surface area contributed by atoms with E-state index in [0.29, 0.717) is 51.0 Å². The van der Waals surface area contributed by atoms with Gasteiger partial charge in [-0.05, 0) is 73.8 Å². The number of carbonyl (C=O) groups is 2. The zero-order valence-corrected chi connectivity index (χ0v) is 24.7. The van der Waals surface area contributed by atoms with E-state index in [9.17, 15) is 22.8 Å². The molecule has 8 nitrogen and oxygen atoms in total. The minimum absolute atomic E-state index is 0.0380. The number of halogens is 3. The van der Waals surface area contributed by atoms with Crippen LogP contribution < -0.4 is 28.0 Å². The van der Waals surface area contributed by atoms with Crippen LogP contribution in [0.15, 0.2) is 42.5 Å². The van der Waals surface area contributed by atoms with Gasteiger partial charge in [-0.25, -0.2) is 0 Å². The summed E-state index contributed by atoms with van der Waals surface area (Å²) in [4.78, 5) is 27.2. The molecule has 0 radical (unpaired) electrons. The average Bonchev–Trinajstić information content (AvgIpc) is 3.16. The van der Waals surface area contributed by atoms with Crippen LogP contribution in [0.3, 0.4) is 0 Å². The van der Waals surface area contributed by atoms with Gasteiger partial charge in [-0.3, -0.25) is 9.59 Å².